The average Bonchev–Trinajstić information content (AvgIpc) is 2.84. The Bertz CT molecular complexity index is 572. The second-order valence-electron chi connectivity index (χ2n) is 3.78. The van der Waals surface area contributed by atoms with Gasteiger partial charge in [-0.3, -0.25) is 15.6 Å². The molecule has 0 aliphatic heterocycles. The van der Waals surface area contributed by atoms with Gasteiger partial charge in [0, 0.05) is 17.6 Å². The third-order valence-corrected chi connectivity index (χ3v) is 3.80. The fourth-order valence-electron chi connectivity index (χ4n) is 1.59. The van der Waals surface area contributed by atoms with Crippen molar-refractivity contribution in [3.05, 3.63) is 45.4 Å². The summed E-state index contributed by atoms with van der Waals surface area (Å²) in [6, 6.07) is 5.42. The van der Waals surface area contributed by atoms with Gasteiger partial charge < -0.3 is 10.7 Å². The van der Waals surface area contributed by atoms with Gasteiger partial charge in [-0.15, -0.1) is 11.3 Å². The second kappa shape index (κ2) is 6.51. The van der Waals surface area contributed by atoms with Gasteiger partial charge in [0.2, 0.25) is 0 Å². The molecule has 2 heterocycles. The third-order valence-electron chi connectivity index (χ3n) is 2.51. The molecular formula is C12H13ClN4OS. The van der Waals surface area contributed by atoms with E-state index < -0.39 is 0 Å². The lowest BCUT2D eigenvalue weighted by Crippen LogP contribution is -2.27. The van der Waals surface area contributed by atoms with E-state index in [0.717, 1.165) is 15.6 Å². The van der Waals surface area contributed by atoms with Crippen molar-refractivity contribution in [1.29, 1.82) is 0 Å². The number of nitrogen functional groups attached to an aromatic ring is 1. The number of hydrogen-bond acceptors (Lipinski definition) is 5. The normalized spacial score (nSPS) is 10.2. The summed E-state index contributed by atoms with van der Waals surface area (Å²) in [6.07, 6.45) is 3.81. The first kappa shape index (κ1) is 13.8. The molecule has 0 radical (unpaired) electrons. The molecule has 19 heavy (non-hydrogen) atoms. The molecule has 2 aromatic rings. The zero-order valence-electron chi connectivity index (χ0n) is 10.0. The number of amides is 1. The Morgan fingerprint density at radius 3 is 2.95 bits per heavy atom. The summed E-state index contributed by atoms with van der Waals surface area (Å²) in [5.74, 6) is 5.15. The average molecular weight is 297 g/mol. The lowest BCUT2D eigenvalue weighted by atomic mass is 10.2. The Kier molecular flexibility index (Phi) is 4.73. The van der Waals surface area contributed by atoms with Crippen molar-refractivity contribution in [2.24, 2.45) is 5.84 Å². The van der Waals surface area contributed by atoms with Crippen molar-refractivity contribution in [2.45, 2.75) is 6.42 Å². The minimum atomic E-state index is -0.182. The second-order valence-corrected chi connectivity index (χ2v) is 5.58. The predicted molar refractivity (Wildman–Crippen MR) is 77.4 cm³/mol. The van der Waals surface area contributed by atoms with Crippen molar-refractivity contribution < 1.29 is 4.79 Å². The van der Waals surface area contributed by atoms with Gasteiger partial charge in [0.25, 0.3) is 5.91 Å². The van der Waals surface area contributed by atoms with Gasteiger partial charge in [-0.2, -0.15) is 0 Å². The van der Waals surface area contributed by atoms with Gasteiger partial charge in [0.1, 0.15) is 0 Å². The molecule has 4 N–H and O–H groups in total. The number of aromatic nitrogens is 1. The van der Waals surface area contributed by atoms with Crippen molar-refractivity contribution in [2.75, 3.05) is 12.0 Å². The highest BCUT2D eigenvalue weighted by atomic mass is 35.5. The molecule has 0 spiro atoms. The third kappa shape index (κ3) is 3.66. The summed E-state index contributed by atoms with van der Waals surface area (Å²) >= 11 is 7.35. The minimum absolute atomic E-state index is 0.182. The predicted octanol–water partition coefficient (Wildman–Crippen LogP) is 2.05. The molecule has 2 aromatic heterocycles. The Morgan fingerprint density at radius 1 is 1.42 bits per heavy atom. The Balaban J connectivity index is 1.90. The summed E-state index contributed by atoms with van der Waals surface area (Å²) < 4.78 is 0.755. The molecule has 7 heteroatoms. The van der Waals surface area contributed by atoms with Gasteiger partial charge in [-0.1, -0.05) is 11.6 Å². The van der Waals surface area contributed by atoms with Crippen LogP contribution in [0.15, 0.2) is 30.6 Å². The summed E-state index contributed by atoms with van der Waals surface area (Å²) in [5.41, 5.74) is 3.42. The van der Waals surface area contributed by atoms with Crippen LogP contribution in [0.4, 0.5) is 5.69 Å². The molecule has 0 saturated heterocycles. The number of rotatable bonds is 5. The van der Waals surface area contributed by atoms with E-state index in [1.54, 1.807) is 12.3 Å². The molecule has 0 aliphatic carbocycles. The fraction of sp³-hybridized carbons (Fsp3) is 0.167. The molecule has 2 rings (SSSR count). The number of halogens is 1. The number of nitrogens with zero attached hydrogens (tertiary/aromatic N) is 1. The maximum absolute atomic E-state index is 12.0. The van der Waals surface area contributed by atoms with Crippen LogP contribution in [0.1, 0.15) is 15.2 Å². The Morgan fingerprint density at radius 2 is 2.26 bits per heavy atom. The van der Waals surface area contributed by atoms with Crippen LogP contribution in [0.25, 0.3) is 0 Å². The first-order valence-corrected chi connectivity index (χ1v) is 6.83. The van der Waals surface area contributed by atoms with Crippen LogP contribution in [0, 0.1) is 0 Å². The van der Waals surface area contributed by atoms with Crippen LogP contribution in [-0.2, 0) is 6.42 Å². The maximum Gasteiger partial charge on any atom is 0.253 e. The number of hydrogen-bond donors (Lipinski definition) is 3. The van der Waals surface area contributed by atoms with Crippen LogP contribution in [0.5, 0.6) is 0 Å². The molecule has 5 nitrogen and oxygen atoms in total. The van der Waals surface area contributed by atoms with Crippen molar-refractivity contribution in [3.8, 4) is 0 Å². The zero-order valence-corrected chi connectivity index (χ0v) is 11.6. The molecule has 0 saturated carbocycles. The first-order valence-electron chi connectivity index (χ1n) is 5.63. The fourth-order valence-corrected chi connectivity index (χ4v) is 2.68. The topological polar surface area (TPSA) is 80.0 Å². The van der Waals surface area contributed by atoms with Crippen molar-refractivity contribution in [1.82, 2.24) is 10.3 Å². The highest BCUT2D eigenvalue weighted by Crippen LogP contribution is 2.21. The molecule has 100 valence electrons. The number of thiophene rings is 1. The standard InChI is InChI=1S/C12H13ClN4OS/c13-11-2-1-8(19-11)3-6-16-12(18)9-4-5-15-7-10(9)17-14/h1-2,4-5,7,17H,3,6,14H2,(H,16,18). The summed E-state index contributed by atoms with van der Waals surface area (Å²) in [4.78, 5) is 17.0. The highest BCUT2D eigenvalue weighted by molar-refractivity contribution is 7.16. The smallest absolute Gasteiger partial charge is 0.253 e. The van der Waals surface area contributed by atoms with Gasteiger partial charge in [-0.25, -0.2) is 0 Å². The Labute approximate surface area is 119 Å². The molecular weight excluding hydrogens is 284 g/mol. The molecule has 0 aliphatic rings. The van der Waals surface area contributed by atoms with Crippen LogP contribution >= 0.6 is 22.9 Å². The molecule has 0 bridgehead atoms. The van der Waals surface area contributed by atoms with Crippen LogP contribution in [0.3, 0.4) is 0 Å². The van der Waals surface area contributed by atoms with E-state index in [2.05, 4.69) is 15.7 Å². The molecule has 0 unspecified atom stereocenters. The van der Waals surface area contributed by atoms with E-state index in [4.69, 9.17) is 17.4 Å². The van der Waals surface area contributed by atoms with E-state index in [9.17, 15) is 4.79 Å². The van der Waals surface area contributed by atoms with E-state index in [1.807, 2.05) is 12.1 Å². The molecule has 0 atom stereocenters. The van der Waals surface area contributed by atoms with Gasteiger partial charge in [0.05, 0.1) is 21.8 Å². The highest BCUT2D eigenvalue weighted by Gasteiger charge is 2.10. The summed E-state index contributed by atoms with van der Waals surface area (Å²) in [7, 11) is 0. The molecule has 0 fully saturated rings. The van der Waals surface area contributed by atoms with Crippen LogP contribution in [0.2, 0.25) is 4.34 Å². The number of anilines is 1. The van der Waals surface area contributed by atoms with Gasteiger partial charge >= 0.3 is 0 Å². The monoisotopic (exact) mass is 296 g/mol. The van der Waals surface area contributed by atoms with Crippen LogP contribution < -0.4 is 16.6 Å². The SMILES string of the molecule is NNc1cnccc1C(=O)NCCc1ccc(Cl)s1. The number of carbonyl (C=O) groups excluding carboxylic acids is 1. The number of carbonyl (C=O) groups is 1. The zero-order chi connectivity index (χ0) is 13.7. The van der Waals surface area contributed by atoms with E-state index in [0.29, 0.717) is 17.8 Å². The summed E-state index contributed by atoms with van der Waals surface area (Å²) in [5, 5.41) is 2.83. The lowest BCUT2D eigenvalue weighted by molar-refractivity contribution is 0.0955. The largest absolute Gasteiger partial charge is 0.352 e. The number of hydrazine groups is 1. The van der Waals surface area contributed by atoms with Crippen molar-refractivity contribution >= 4 is 34.5 Å². The van der Waals surface area contributed by atoms with Crippen LogP contribution in [-0.4, -0.2) is 17.4 Å². The molecule has 1 amide bonds. The van der Waals surface area contributed by atoms with Gasteiger partial charge in [-0.05, 0) is 24.6 Å². The lowest BCUT2D eigenvalue weighted by Gasteiger charge is -2.08. The van der Waals surface area contributed by atoms with Gasteiger partial charge in [0.15, 0.2) is 0 Å². The number of nitrogens with two attached hydrogens (primary N) is 1. The molecule has 0 aromatic carbocycles. The maximum atomic E-state index is 12.0. The number of nitrogens with one attached hydrogen (secondary N) is 2. The Hall–Kier alpha value is -1.63. The number of pyridine rings is 1. The first-order chi connectivity index (χ1) is 9.20. The minimum Gasteiger partial charge on any atom is -0.352 e. The van der Waals surface area contributed by atoms with E-state index in [-0.39, 0.29) is 5.91 Å². The van der Waals surface area contributed by atoms with E-state index >= 15 is 0 Å². The quantitative estimate of drug-likeness (QED) is 0.583. The van der Waals surface area contributed by atoms with E-state index in [1.165, 1.54) is 17.5 Å². The van der Waals surface area contributed by atoms with Crippen molar-refractivity contribution in [3.63, 3.8) is 0 Å². The summed E-state index contributed by atoms with van der Waals surface area (Å²) in [6.45, 7) is 0.544.